The van der Waals surface area contributed by atoms with Crippen molar-refractivity contribution >= 4 is 5.97 Å². The monoisotopic (exact) mass is 278 g/mol. The van der Waals surface area contributed by atoms with Crippen LogP contribution in [0.2, 0.25) is 0 Å². The number of carbonyl (C=O) groups excluding carboxylic acids is 1. The summed E-state index contributed by atoms with van der Waals surface area (Å²) < 4.78 is 11.4. The topological polar surface area (TPSA) is 35.5 Å². The Morgan fingerprint density at radius 1 is 1.15 bits per heavy atom. The number of carbonyl (C=O) groups is 1. The van der Waals surface area contributed by atoms with E-state index in [2.05, 4.69) is 6.92 Å². The molecular weight excluding hydrogens is 252 g/mol. The van der Waals surface area contributed by atoms with Crippen LogP contribution in [-0.4, -0.2) is 18.2 Å². The zero-order valence-electron chi connectivity index (χ0n) is 12.8. The molecule has 0 aliphatic heterocycles. The first-order valence-corrected chi connectivity index (χ1v) is 7.58. The minimum Gasteiger partial charge on any atom is -0.487 e. The van der Waals surface area contributed by atoms with E-state index in [0.717, 1.165) is 31.4 Å². The molecule has 2 unspecified atom stereocenters. The van der Waals surface area contributed by atoms with Crippen LogP contribution in [0.1, 0.15) is 52.9 Å². The van der Waals surface area contributed by atoms with Gasteiger partial charge in [-0.3, -0.25) is 4.79 Å². The first-order valence-electron chi connectivity index (χ1n) is 7.58. The highest BCUT2D eigenvalue weighted by Crippen LogP contribution is 2.18. The van der Waals surface area contributed by atoms with Gasteiger partial charge >= 0.3 is 5.97 Å². The minimum absolute atomic E-state index is 0.134. The summed E-state index contributed by atoms with van der Waals surface area (Å²) in [6.07, 6.45) is 4.32. The highest BCUT2D eigenvalue weighted by Gasteiger charge is 2.22. The van der Waals surface area contributed by atoms with E-state index in [1.54, 1.807) is 0 Å². The predicted molar refractivity (Wildman–Crippen MR) is 80.8 cm³/mol. The normalized spacial score (nSPS) is 13.6. The predicted octanol–water partition coefficient (Wildman–Crippen LogP) is 4.36. The fraction of sp³-hybridized carbons (Fsp3) is 0.588. The highest BCUT2D eigenvalue weighted by atomic mass is 16.6. The smallest absolute Gasteiger partial charge is 0.305 e. The van der Waals surface area contributed by atoms with Crippen LogP contribution >= 0.6 is 0 Å². The van der Waals surface area contributed by atoms with Crippen molar-refractivity contribution in [1.29, 1.82) is 0 Å². The second kappa shape index (κ2) is 9.40. The Hall–Kier alpha value is -1.51. The van der Waals surface area contributed by atoms with Gasteiger partial charge in [-0.25, -0.2) is 0 Å². The Morgan fingerprint density at radius 3 is 2.45 bits per heavy atom. The first-order chi connectivity index (χ1) is 9.67. The van der Waals surface area contributed by atoms with E-state index >= 15 is 0 Å². The molecule has 112 valence electrons. The molecule has 0 saturated carbocycles. The molecule has 1 rings (SSSR count). The molecule has 0 aliphatic rings. The Bertz CT molecular complexity index is 375. The summed E-state index contributed by atoms with van der Waals surface area (Å²) in [5, 5.41) is 0. The molecule has 3 nitrogen and oxygen atoms in total. The molecule has 0 radical (unpaired) electrons. The van der Waals surface area contributed by atoms with Gasteiger partial charge in [-0.15, -0.1) is 0 Å². The van der Waals surface area contributed by atoms with Gasteiger partial charge in [0.05, 0.1) is 0 Å². The summed E-state index contributed by atoms with van der Waals surface area (Å²) in [5.41, 5.74) is 0. The SMILES string of the molecule is CCCCCC(OC(=O)CC)C(C)Oc1ccccc1. The first kappa shape index (κ1) is 16.5. The molecule has 1 aromatic carbocycles. The van der Waals surface area contributed by atoms with Crippen LogP contribution in [0.15, 0.2) is 30.3 Å². The van der Waals surface area contributed by atoms with E-state index in [1.807, 2.05) is 44.2 Å². The van der Waals surface area contributed by atoms with Crippen LogP contribution in [0.5, 0.6) is 5.75 Å². The molecule has 1 aromatic rings. The lowest BCUT2D eigenvalue weighted by Gasteiger charge is -2.25. The van der Waals surface area contributed by atoms with E-state index < -0.39 is 0 Å². The van der Waals surface area contributed by atoms with Gasteiger partial charge in [-0.1, -0.05) is 44.9 Å². The summed E-state index contributed by atoms with van der Waals surface area (Å²) >= 11 is 0. The highest BCUT2D eigenvalue weighted by molar-refractivity contribution is 5.69. The molecule has 0 aromatic heterocycles. The molecule has 0 saturated heterocycles. The number of rotatable bonds is 9. The molecule has 0 amide bonds. The number of unbranched alkanes of at least 4 members (excludes halogenated alkanes) is 2. The van der Waals surface area contributed by atoms with Crippen molar-refractivity contribution in [2.45, 2.75) is 65.1 Å². The third kappa shape index (κ3) is 6.09. The molecule has 0 heterocycles. The summed E-state index contributed by atoms with van der Waals surface area (Å²) in [6, 6.07) is 9.66. The van der Waals surface area contributed by atoms with Gasteiger partial charge in [0.1, 0.15) is 18.0 Å². The van der Waals surface area contributed by atoms with E-state index in [9.17, 15) is 4.79 Å². The largest absolute Gasteiger partial charge is 0.487 e. The third-order valence-electron chi connectivity index (χ3n) is 3.25. The summed E-state index contributed by atoms with van der Waals surface area (Å²) in [6.45, 7) is 5.94. The summed E-state index contributed by atoms with van der Waals surface area (Å²) in [5.74, 6) is 0.656. The number of benzene rings is 1. The number of hydrogen-bond donors (Lipinski definition) is 0. The van der Waals surface area contributed by atoms with Crippen LogP contribution in [0.4, 0.5) is 0 Å². The van der Waals surface area contributed by atoms with E-state index in [4.69, 9.17) is 9.47 Å². The van der Waals surface area contributed by atoms with Crippen molar-refractivity contribution < 1.29 is 14.3 Å². The van der Waals surface area contributed by atoms with E-state index in [1.165, 1.54) is 0 Å². The van der Waals surface area contributed by atoms with Crippen molar-refractivity contribution in [3.63, 3.8) is 0 Å². The maximum absolute atomic E-state index is 11.5. The van der Waals surface area contributed by atoms with Crippen molar-refractivity contribution in [1.82, 2.24) is 0 Å². The number of para-hydroxylation sites is 1. The number of ether oxygens (including phenoxy) is 2. The maximum atomic E-state index is 11.5. The molecule has 0 fully saturated rings. The average molecular weight is 278 g/mol. The lowest BCUT2D eigenvalue weighted by molar-refractivity contribution is -0.153. The van der Waals surface area contributed by atoms with Crippen molar-refractivity contribution in [2.75, 3.05) is 0 Å². The Labute approximate surface area is 122 Å². The van der Waals surface area contributed by atoms with Gasteiger partial charge < -0.3 is 9.47 Å². The van der Waals surface area contributed by atoms with Crippen molar-refractivity contribution in [3.8, 4) is 5.75 Å². The second-order valence-corrected chi connectivity index (χ2v) is 5.01. The lowest BCUT2D eigenvalue weighted by Crippen LogP contribution is -2.33. The molecule has 20 heavy (non-hydrogen) atoms. The van der Waals surface area contributed by atoms with E-state index in [0.29, 0.717) is 6.42 Å². The van der Waals surface area contributed by atoms with Crippen LogP contribution in [0.3, 0.4) is 0 Å². The van der Waals surface area contributed by atoms with Crippen LogP contribution in [0, 0.1) is 0 Å². The van der Waals surface area contributed by atoms with E-state index in [-0.39, 0.29) is 18.2 Å². The quantitative estimate of drug-likeness (QED) is 0.497. The summed E-state index contributed by atoms with van der Waals surface area (Å²) in [7, 11) is 0. The average Bonchev–Trinajstić information content (AvgIpc) is 2.47. The van der Waals surface area contributed by atoms with Crippen LogP contribution in [-0.2, 0) is 9.53 Å². The molecule has 0 aliphatic carbocycles. The zero-order chi connectivity index (χ0) is 14.8. The Kier molecular flexibility index (Phi) is 7.78. The van der Waals surface area contributed by atoms with Gasteiger partial charge in [0, 0.05) is 6.42 Å². The standard InChI is InChI=1S/C17H26O3/c1-4-6-8-13-16(20-17(18)5-2)14(3)19-15-11-9-7-10-12-15/h7,9-12,14,16H,4-6,8,13H2,1-3H3. The van der Waals surface area contributed by atoms with Crippen LogP contribution in [0.25, 0.3) is 0 Å². The fourth-order valence-corrected chi connectivity index (χ4v) is 2.03. The number of esters is 1. The number of hydrogen-bond acceptors (Lipinski definition) is 3. The van der Waals surface area contributed by atoms with Crippen LogP contribution < -0.4 is 4.74 Å². The zero-order valence-corrected chi connectivity index (χ0v) is 12.8. The molecule has 2 atom stereocenters. The molecule has 0 spiro atoms. The van der Waals surface area contributed by atoms with Gasteiger partial charge in [-0.05, 0) is 31.9 Å². The van der Waals surface area contributed by atoms with Gasteiger partial charge in [-0.2, -0.15) is 0 Å². The fourth-order valence-electron chi connectivity index (χ4n) is 2.03. The maximum Gasteiger partial charge on any atom is 0.305 e. The summed E-state index contributed by atoms with van der Waals surface area (Å²) in [4.78, 5) is 11.5. The van der Waals surface area contributed by atoms with Crippen molar-refractivity contribution in [3.05, 3.63) is 30.3 Å². The second-order valence-electron chi connectivity index (χ2n) is 5.01. The molecular formula is C17H26O3. The van der Waals surface area contributed by atoms with Gasteiger partial charge in [0.25, 0.3) is 0 Å². The molecule has 0 bridgehead atoms. The van der Waals surface area contributed by atoms with Gasteiger partial charge in [0.2, 0.25) is 0 Å². The minimum atomic E-state index is -0.172. The third-order valence-corrected chi connectivity index (χ3v) is 3.25. The molecule has 3 heteroatoms. The Morgan fingerprint density at radius 2 is 1.85 bits per heavy atom. The van der Waals surface area contributed by atoms with Crippen molar-refractivity contribution in [2.24, 2.45) is 0 Å². The lowest BCUT2D eigenvalue weighted by atomic mass is 10.1. The molecule has 0 N–H and O–H groups in total. The Balaban J connectivity index is 2.57. The van der Waals surface area contributed by atoms with Gasteiger partial charge in [0.15, 0.2) is 0 Å².